The van der Waals surface area contributed by atoms with E-state index in [2.05, 4.69) is 20.4 Å². The van der Waals surface area contributed by atoms with Crippen molar-refractivity contribution in [3.63, 3.8) is 0 Å². The summed E-state index contributed by atoms with van der Waals surface area (Å²) in [6.45, 7) is 0.498. The summed E-state index contributed by atoms with van der Waals surface area (Å²) < 4.78 is 16.2. The first-order valence-corrected chi connectivity index (χ1v) is 8.96. The number of amides is 1. The maximum absolute atomic E-state index is 14.4. The van der Waals surface area contributed by atoms with E-state index in [4.69, 9.17) is 5.26 Å². The van der Waals surface area contributed by atoms with Gasteiger partial charge in [0.25, 0.3) is 0 Å². The van der Waals surface area contributed by atoms with E-state index >= 15 is 0 Å². The van der Waals surface area contributed by atoms with E-state index in [1.54, 1.807) is 16.9 Å². The van der Waals surface area contributed by atoms with Crippen LogP contribution in [0.25, 0.3) is 16.8 Å². The van der Waals surface area contributed by atoms with Crippen molar-refractivity contribution < 1.29 is 9.18 Å². The Bertz CT molecular complexity index is 1040. The number of fused-ring (bicyclic) bond motifs is 1. The number of carbonyl (C=O) groups excluding carboxylic acids is 1. The SMILES string of the molecule is N#CCC(=O)N1CC[C@@H](F)[C@@H](Nc2cncc(-c3cnn4ccccc34)n2)C1. The van der Waals surface area contributed by atoms with Crippen LogP contribution in [0.3, 0.4) is 0 Å². The number of rotatable bonds is 4. The number of likely N-dealkylation sites (tertiary alicyclic amines) is 1. The molecule has 1 aliphatic heterocycles. The Labute approximate surface area is 160 Å². The van der Waals surface area contributed by atoms with Gasteiger partial charge in [-0.2, -0.15) is 10.4 Å². The van der Waals surface area contributed by atoms with Gasteiger partial charge in [-0.25, -0.2) is 13.9 Å². The van der Waals surface area contributed by atoms with Crippen LogP contribution in [0.1, 0.15) is 12.8 Å². The summed E-state index contributed by atoms with van der Waals surface area (Å²) >= 11 is 0. The summed E-state index contributed by atoms with van der Waals surface area (Å²) in [7, 11) is 0. The average molecular weight is 379 g/mol. The zero-order valence-electron chi connectivity index (χ0n) is 15.0. The Hall–Kier alpha value is -3.54. The highest BCUT2D eigenvalue weighted by molar-refractivity contribution is 5.79. The van der Waals surface area contributed by atoms with Crippen molar-refractivity contribution in [2.75, 3.05) is 18.4 Å². The van der Waals surface area contributed by atoms with Crippen LogP contribution < -0.4 is 5.32 Å². The molecule has 1 fully saturated rings. The molecule has 4 heterocycles. The summed E-state index contributed by atoms with van der Waals surface area (Å²) in [4.78, 5) is 22.2. The van der Waals surface area contributed by atoms with Crippen LogP contribution in [0, 0.1) is 11.3 Å². The molecule has 0 radical (unpaired) electrons. The van der Waals surface area contributed by atoms with Gasteiger partial charge in [-0.1, -0.05) is 6.07 Å². The molecule has 3 aromatic rings. The van der Waals surface area contributed by atoms with Gasteiger partial charge in [0, 0.05) is 24.8 Å². The van der Waals surface area contributed by atoms with Gasteiger partial charge in [0.1, 0.15) is 18.4 Å². The fourth-order valence-electron chi connectivity index (χ4n) is 3.35. The van der Waals surface area contributed by atoms with E-state index in [-0.39, 0.29) is 25.3 Å². The Morgan fingerprint density at radius 1 is 1.36 bits per heavy atom. The number of nitrogens with zero attached hydrogens (tertiary/aromatic N) is 6. The Balaban J connectivity index is 1.55. The van der Waals surface area contributed by atoms with E-state index in [1.165, 1.54) is 11.1 Å². The van der Waals surface area contributed by atoms with Crippen molar-refractivity contribution in [1.82, 2.24) is 24.5 Å². The summed E-state index contributed by atoms with van der Waals surface area (Å²) in [6, 6.07) is 6.97. The molecular formula is C19H18FN7O. The molecule has 8 nitrogen and oxygen atoms in total. The first kappa shape index (κ1) is 17.9. The zero-order chi connectivity index (χ0) is 19.5. The fourth-order valence-corrected chi connectivity index (χ4v) is 3.35. The average Bonchev–Trinajstić information content (AvgIpc) is 3.14. The van der Waals surface area contributed by atoms with Crippen molar-refractivity contribution in [2.45, 2.75) is 25.1 Å². The molecule has 0 aliphatic carbocycles. The van der Waals surface area contributed by atoms with Crippen molar-refractivity contribution in [1.29, 1.82) is 5.26 Å². The van der Waals surface area contributed by atoms with Gasteiger partial charge in [0.05, 0.1) is 41.9 Å². The number of carbonyl (C=O) groups is 1. The molecule has 2 atom stereocenters. The molecule has 142 valence electrons. The van der Waals surface area contributed by atoms with Crippen LogP contribution in [0.2, 0.25) is 0 Å². The topological polar surface area (TPSA) is 99.2 Å². The molecule has 1 aliphatic rings. The van der Waals surface area contributed by atoms with Gasteiger partial charge >= 0.3 is 0 Å². The molecule has 0 spiro atoms. The number of halogens is 1. The summed E-state index contributed by atoms with van der Waals surface area (Å²) in [5.74, 6) is 0.141. The van der Waals surface area contributed by atoms with Crippen LogP contribution in [0.15, 0.2) is 43.0 Å². The number of pyridine rings is 1. The lowest BCUT2D eigenvalue weighted by Gasteiger charge is -2.35. The third-order valence-corrected chi connectivity index (χ3v) is 4.78. The van der Waals surface area contributed by atoms with Gasteiger partial charge in [0.15, 0.2) is 0 Å². The summed E-state index contributed by atoms with van der Waals surface area (Å²) in [5, 5.41) is 16.1. The third-order valence-electron chi connectivity index (χ3n) is 4.78. The smallest absolute Gasteiger partial charge is 0.236 e. The highest BCUT2D eigenvalue weighted by Gasteiger charge is 2.31. The fraction of sp³-hybridized carbons (Fsp3) is 0.316. The van der Waals surface area contributed by atoms with Crippen LogP contribution in [-0.2, 0) is 4.79 Å². The van der Waals surface area contributed by atoms with E-state index in [1.807, 2.05) is 30.5 Å². The minimum atomic E-state index is -1.12. The minimum absolute atomic E-state index is 0.185. The van der Waals surface area contributed by atoms with Crippen molar-refractivity contribution in [3.8, 4) is 17.3 Å². The number of hydrogen-bond acceptors (Lipinski definition) is 6. The van der Waals surface area contributed by atoms with Crippen molar-refractivity contribution >= 4 is 17.2 Å². The second-order valence-electron chi connectivity index (χ2n) is 6.61. The molecule has 1 saturated heterocycles. The molecule has 0 aromatic carbocycles. The lowest BCUT2D eigenvalue weighted by atomic mass is 10.0. The lowest BCUT2D eigenvalue weighted by molar-refractivity contribution is -0.131. The van der Waals surface area contributed by atoms with Crippen LogP contribution in [-0.4, -0.2) is 55.7 Å². The monoisotopic (exact) mass is 379 g/mol. The summed E-state index contributed by atoms with van der Waals surface area (Å²) in [5.41, 5.74) is 2.33. The Kier molecular flexibility index (Phi) is 4.85. The van der Waals surface area contributed by atoms with Crippen molar-refractivity contribution in [2.24, 2.45) is 0 Å². The van der Waals surface area contributed by atoms with Crippen LogP contribution in [0.5, 0.6) is 0 Å². The Morgan fingerprint density at radius 3 is 3.11 bits per heavy atom. The highest BCUT2D eigenvalue weighted by Crippen LogP contribution is 2.24. The molecule has 1 amide bonds. The number of aromatic nitrogens is 4. The molecule has 28 heavy (non-hydrogen) atoms. The largest absolute Gasteiger partial charge is 0.361 e. The number of nitriles is 1. The minimum Gasteiger partial charge on any atom is -0.361 e. The maximum Gasteiger partial charge on any atom is 0.236 e. The van der Waals surface area contributed by atoms with E-state index in [0.29, 0.717) is 18.1 Å². The molecule has 0 unspecified atom stereocenters. The molecule has 3 aromatic heterocycles. The first-order valence-electron chi connectivity index (χ1n) is 8.96. The van der Waals surface area contributed by atoms with Crippen molar-refractivity contribution in [3.05, 3.63) is 43.0 Å². The lowest BCUT2D eigenvalue weighted by Crippen LogP contribution is -2.50. The van der Waals surface area contributed by atoms with Gasteiger partial charge < -0.3 is 10.2 Å². The first-order chi connectivity index (χ1) is 13.7. The number of alkyl halides is 1. The number of piperidine rings is 1. The third kappa shape index (κ3) is 3.49. The second-order valence-corrected chi connectivity index (χ2v) is 6.61. The van der Waals surface area contributed by atoms with Gasteiger partial charge in [-0.15, -0.1) is 0 Å². The second kappa shape index (κ2) is 7.60. The van der Waals surface area contributed by atoms with Gasteiger partial charge in [0.2, 0.25) is 5.91 Å². The highest BCUT2D eigenvalue weighted by atomic mass is 19.1. The van der Waals surface area contributed by atoms with Crippen LogP contribution in [0.4, 0.5) is 10.2 Å². The summed E-state index contributed by atoms with van der Waals surface area (Å²) in [6.07, 6.45) is 5.61. The molecule has 0 saturated carbocycles. The van der Waals surface area contributed by atoms with Gasteiger partial charge in [-0.05, 0) is 18.6 Å². The molecule has 1 N–H and O–H groups in total. The number of anilines is 1. The standard InChI is InChI=1S/C19H18FN7O/c20-14-5-8-26(19(28)4-6-21)12-16(14)25-18-11-22-10-15(24-18)13-9-23-27-7-2-1-3-17(13)27/h1-3,7,9-11,14,16H,4-5,8,12H2,(H,24,25)/t14-,16+/m1/s1. The molecule has 9 heteroatoms. The Morgan fingerprint density at radius 2 is 2.25 bits per heavy atom. The van der Waals surface area contributed by atoms with E-state index in [9.17, 15) is 9.18 Å². The normalized spacial score (nSPS) is 19.4. The van der Waals surface area contributed by atoms with E-state index in [0.717, 1.165) is 11.1 Å². The maximum atomic E-state index is 14.4. The number of hydrogen-bond donors (Lipinski definition) is 1. The van der Waals surface area contributed by atoms with Crippen LogP contribution >= 0.6 is 0 Å². The number of nitrogens with one attached hydrogen (secondary N) is 1. The molecule has 4 rings (SSSR count). The molecular weight excluding hydrogens is 361 g/mol. The van der Waals surface area contributed by atoms with E-state index < -0.39 is 12.2 Å². The quantitative estimate of drug-likeness (QED) is 0.745. The predicted octanol–water partition coefficient (Wildman–Crippen LogP) is 2.06. The molecule has 0 bridgehead atoms. The zero-order valence-corrected chi connectivity index (χ0v) is 15.0. The predicted molar refractivity (Wildman–Crippen MR) is 100.0 cm³/mol. The van der Waals surface area contributed by atoms with Gasteiger partial charge in [-0.3, -0.25) is 9.78 Å².